The topological polar surface area (TPSA) is 69.8 Å². The Bertz CT molecular complexity index is 570. The van der Waals surface area contributed by atoms with Crippen molar-refractivity contribution in [3.8, 4) is 0 Å². The summed E-state index contributed by atoms with van der Waals surface area (Å²) in [5, 5.41) is 9.33. The smallest absolute Gasteiger partial charge is 0.275 e. The number of rotatable bonds is 3. The zero-order chi connectivity index (χ0) is 16.6. The Kier molecular flexibility index (Phi) is 4.37. The number of hydrogen-bond donors (Lipinski definition) is 1. The number of piperidine rings is 1. The van der Waals surface area contributed by atoms with Gasteiger partial charge in [-0.25, -0.2) is 13.8 Å². The second-order valence-electron chi connectivity index (χ2n) is 6.34. The van der Waals surface area contributed by atoms with Gasteiger partial charge in [-0.2, -0.15) is 0 Å². The monoisotopic (exact) mass is 329 g/mol. The van der Waals surface area contributed by atoms with Crippen LogP contribution in [0.25, 0.3) is 0 Å². The Hall–Kier alpha value is -1.54. The fraction of sp³-hybridized carbons (Fsp3) is 0.733. The van der Waals surface area contributed by atoms with Crippen LogP contribution in [-0.4, -0.2) is 70.0 Å². The van der Waals surface area contributed by atoms with E-state index in [-0.39, 0.29) is 37.2 Å². The molecule has 0 unspecified atom stereocenters. The van der Waals surface area contributed by atoms with E-state index in [1.54, 1.807) is 16.7 Å². The SMILES string of the molecule is Cc1nc(C(=O)N2CCC(N3CC(F)(F)C[C@H]3CO)CC2)co1. The molecule has 1 amide bonds. The molecule has 23 heavy (non-hydrogen) atoms. The van der Waals surface area contributed by atoms with E-state index in [0.29, 0.717) is 31.8 Å². The van der Waals surface area contributed by atoms with E-state index in [4.69, 9.17) is 4.42 Å². The molecule has 2 aliphatic heterocycles. The molecule has 0 radical (unpaired) electrons. The summed E-state index contributed by atoms with van der Waals surface area (Å²) in [7, 11) is 0. The summed E-state index contributed by atoms with van der Waals surface area (Å²) < 4.78 is 32.2. The van der Waals surface area contributed by atoms with Crippen molar-refractivity contribution in [2.45, 2.75) is 44.2 Å². The molecule has 0 bridgehead atoms. The van der Waals surface area contributed by atoms with Crippen LogP contribution >= 0.6 is 0 Å². The largest absolute Gasteiger partial charge is 0.448 e. The molecule has 8 heteroatoms. The molecule has 0 saturated carbocycles. The van der Waals surface area contributed by atoms with Crippen LogP contribution < -0.4 is 0 Å². The van der Waals surface area contributed by atoms with Crippen LogP contribution in [0.1, 0.15) is 35.6 Å². The van der Waals surface area contributed by atoms with Crippen molar-refractivity contribution < 1.29 is 23.1 Å². The molecule has 2 aliphatic rings. The molecule has 6 nitrogen and oxygen atoms in total. The lowest BCUT2D eigenvalue weighted by Gasteiger charge is -2.38. The minimum Gasteiger partial charge on any atom is -0.448 e. The number of aliphatic hydroxyl groups excluding tert-OH is 1. The molecule has 3 heterocycles. The number of amides is 1. The third-order valence-corrected chi connectivity index (χ3v) is 4.69. The lowest BCUT2D eigenvalue weighted by Crippen LogP contribution is -2.49. The standard InChI is InChI=1S/C15H21F2N3O3/c1-10-18-13(8-23-10)14(22)19-4-2-11(3-5-19)20-9-15(16,17)6-12(20)7-21/h8,11-12,21H,2-7,9H2,1H3/t12-/m0/s1. The number of carbonyl (C=O) groups excluding carboxylic acids is 1. The van der Waals surface area contributed by atoms with Gasteiger partial charge in [0, 0.05) is 38.5 Å². The molecule has 1 aromatic heterocycles. The van der Waals surface area contributed by atoms with Crippen molar-refractivity contribution in [3.05, 3.63) is 17.8 Å². The summed E-state index contributed by atoms with van der Waals surface area (Å²) in [6, 6.07) is -0.515. The van der Waals surface area contributed by atoms with Gasteiger partial charge in [0.1, 0.15) is 6.26 Å². The van der Waals surface area contributed by atoms with Gasteiger partial charge in [0.25, 0.3) is 11.8 Å². The van der Waals surface area contributed by atoms with Gasteiger partial charge < -0.3 is 14.4 Å². The second-order valence-corrected chi connectivity index (χ2v) is 6.34. The highest BCUT2D eigenvalue weighted by Gasteiger charge is 2.47. The summed E-state index contributed by atoms with van der Waals surface area (Å²) >= 11 is 0. The van der Waals surface area contributed by atoms with Crippen LogP contribution in [0.2, 0.25) is 0 Å². The Morgan fingerprint density at radius 3 is 2.74 bits per heavy atom. The van der Waals surface area contributed by atoms with Gasteiger partial charge in [-0.3, -0.25) is 9.69 Å². The number of alkyl halides is 2. The van der Waals surface area contributed by atoms with E-state index in [1.807, 2.05) is 0 Å². The summed E-state index contributed by atoms with van der Waals surface area (Å²) in [4.78, 5) is 19.7. The summed E-state index contributed by atoms with van der Waals surface area (Å²) in [6.07, 6.45) is 2.29. The first-order valence-electron chi connectivity index (χ1n) is 7.85. The van der Waals surface area contributed by atoms with Crippen LogP contribution in [0.4, 0.5) is 8.78 Å². The van der Waals surface area contributed by atoms with Crippen LogP contribution in [0.5, 0.6) is 0 Å². The van der Waals surface area contributed by atoms with Crippen LogP contribution in [0, 0.1) is 6.92 Å². The van der Waals surface area contributed by atoms with Gasteiger partial charge in [0.2, 0.25) is 0 Å². The second kappa shape index (κ2) is 6.16. The van der Waals surface area contributed by atoms with Crippen molar-refractivity contribution in [1.29, 1.82) is 0 Å². The third-order valence-electron chi connectivity index (χ3n) is 4.69. The van der Waals surface area contributed by atoms with Crippen LogP contribution in [-0.2, 0) is 0 Å². The molecule has 128 valence electrons. The molecule has 2 fully saturated rings. The lowest BCUT2D eigenvalue weighted by molar-refractivity contribution is 0.00294. The Balaban J connectivity index is 1.59. The molecule has 0 aromatic carbocycles. The number of nitrogens with zero attached hydrogens (tertiary/aromatic N) is 3. The molecule has 3 rings (SSSR count). The number of oxazole rings is 1. The predicted octanol–water partition coefficient (Wildman–Crippen LogP) is 1.29. The molecule has 2 saturated heterocycles. The highest BCUT2D eigenvalue weighted by atomic mass is 19.3. The van der Waals surface area contributed by atoms with Crippen molar-refractivity contribution >= 4 is 5.91 Å². The number of aromatic nitrogens is 1. The summed E-state index contributed by atoms with van der Waals surface area (Å²) in [5.74, 6) is -2.49. The van der Waals surface area contributed by atoms with Gasteiger partial charge in [0.15, 0.2) is 11.6 Å². The highest BCUT2D eigenvalue weighted by Crippen LogP contribution is 2.35. The fourth-order valence-corrected chi connectivity index (χ4v) is 3.54. The lowest BCUT2D eigenvalue weighted by atomic mass is 10.0. The Labute approximate surface area is 133 Å². The number of likely N-dealkylation sites (tertiary alicyclic amines) is 2. The number of hydrogen-bond acceptors (Lipinski definition) is 5. The number of carbonyl (C=O) groups is 1. The average molecular weight is 329 g/mol. The maximum atomic E-state index is 13.6. The molecule has 0 spiro atoms. The summed E-state index contributed by atoms with van der Waals surface area (Å²) in [5.41, 5.74) is 0.280. The van der Waals surface area contributed by atoms with E-state index in [2.05, 4.69) is 4.98 Å². The van der Waals surface area contributed by atoms with Crippen LogP contribution in [0.15, 0.2) is 10.7 Å². The van der Waals surface area contributed by atoms with Gasteiger partial charge in [-0.15, -0.1) is 0 Å². The fourth-order valence-electron chi connectivity index (χ4n) is 3.54. The number of aliphatic hydroxyl groups is 1. The third kappa shape index (κ3) is 3.37. The Morgan fingerprint density at radius 2 is 2.17 bits per heavy atom. The van der Waals surface area contributed by atoms with E-state index in [9.17, 15) is 18.7 Å². The Morgan fingerprint density at radius 1 is 1.48 bits per heavy atom. The molecule has 1 aromatic rings. The predicted molar refractivity (Wildman–Crippen MR) is 77.3 cm³/mol. The zero-order valence-corrected chi connectivity index (χ0v) is 13.0. The average Bonchev–Trinajstić information content (AvgIpc) is 3.09. The van der Waals surface area contributed by atoms with E-state index in [0.717, 1.165) is 0 Å². The maximum absolute atomic E-state index is 13.6. The molecular weight excluding hydrogens is 308 g/mol. The van der Waals surface area contributed by atoms with Crippen molar-refractivity contribution in [2.75, 3.05) is 26.2 Å². The molecule has 0 aliphatic carbocycles. The molecule has 1 atom stereocenters. The maximum Gasteiger partial charge on any atom is 0.275 e. The minimum atomic E-state index is -2.74. The normalized spacial score (nSPS) is 25.9. The first-order valence-corrected chi connectivity index (χ1v) is 7.85. The van der Waals surface area contributed by atoms with Crippen molar-refractivity contribution in [3.63, 3.8) is 0 Å². The van der Waals surface area contributed by atoms with Crippen molar-refractivity contribution in [2.24, 2.45) is 0 Å². The molecule has 1 N–H and O–H groups in total. The van der Waals surface area contributed by atoms with Crippen molar-refractivity contribution in [1.82, 2.24) is 14.8 Å². The van der Waals surface area contributed by atoms with Gasteiger partial charge in [-0.05, 0) is 12.8 Å². The zero-order valence-electron chi connectivity index (χ0n) is 13.0. The van der Waals surface area contributed by atoms with Crippen LogP contribution in [0.3, 0.4) is 0 Å². The summed E-state index contributed by atoms with van der Waals surface area (Å²) in [6.45, 7) is 2.10. The highest BCUT2D eigenvalue weighted by molar-refractivity contribution is 5.92. The first-order chi connectivity index (χ1) is 10.9. The first kappa shape index (κ1) is 16.3. The van der Waals surface area contributed by atoms with E-state index >= 15 is 0 Å². The molecular formula is C15H21F2N3O3. The van der Waals surface area contributed by atoms with Gasteiger partial charge in [0.05, 0.1) is 13.2 Å². The van der Waals surface area contributed by atoms with E-state index < -0.39 is 12.0 Å². The minimum absolute atomic E-state index is 0.0244. The number of aryl methyl sites for hydroxylation is 1. The van der Waals surface area contributed by atoms with E-state index in [1.165, 1.54) is 6.26 Å². The quantitative estimate of drug-likeness (QED) is 0.905. The number of halogens is 2. The van der Waals surface area contributed by atoms with Gasteiger partial charge >= 0.3 is 0 Å². The van der Waals surface area contributed by atoms with Gasteiger partial charge in [-0.1, -0.05) is 0 Å².